The molecule has 6 heterocycles. The Morgan fingerprint density at radius 2 is 1.23 bits per heavy atom. The van der Waals surface area contributed by atoms with Gasteiger partial charge in [0.2, 0.25) is 0 Å². The molecule has 80 heavy (non-hydrogen) atoms. The third kappa shape index (κ3) is 42.7. The Morgan fingerprint density at radius 1 is 0.775 bits per heavy atom. The van der Waals surface area contributed by atoms with Crippen LogP contribution in [0.15, 0.2) is 54.0 Å². The minimum Gasteiger partial charge on any atom is -0.696 e. The van der Waals surface area contributed by atoms with Crippen LogP contribution in [-0.4, -0.2) is 171 Å². The molecular formula is C56H110KN13O8S2. The van der Waals surface area contributed by atoms with Crippen LogP contribution in [0.1, 0.15) is 130 Å². The summed E-state index contributed by atoms with van der Waals surface area (Å²) in [6.07, 6.45) is 24.4. The average molecular weight is 1200 g/mol. The Morgan fingerprint density at radius 3 is 1.62 bits per heavy atom. The summed E-state index contributed by atoms with van der Waals surface area (Å²) in [6, 6.07) is 10.3. The summed E-state index contributed by atoms with van der Waals surface area (Å²) in [5, 5.41) is 63.3. The molecule has 0 spiro atoms. The number of aliphatic hydroxyl groups excluding tert-OH is 4. The van der Waals surface area contributed by atoms with Crippen LogP contribution in [0, 0.1) is 45.0 Å². The zero-order valence-electron chi connectivity index (χ0n) is 45.9. The monoisotopic (exact) mass is 1200 g/mol. The maximum atomic E-state index is 9.68. The van der Waals surface area contributed by atoms with E-state index in [9.17, 15) is 9.90 Å². The van der Waals surface area contributed by atoms with Crippen LogP contribution in [0.4, 0.5) is 0 Å². The first-order valence-electron chi connectivity index (χ1n) is 26.6. The summed E-state index contributed by atoms with van der Waals surface area (Å²) in [6.45, 7) is 13.1. The molecule has 0 unspecified atom stereocenters. The van der Waals surface area contributed by atoms with Gasteiger partial charge in [0.05, 0.1) is 37.1 Å². The van der Waals surface area contributed by atoms with E-state index in [1.165, 1.54) is 121 Å². The fourth-order valence-corrected chi connectivity index (χ4v) is 9.18. The number of H-pyrrole nitrogens is 1. The van der Waals surface area contributed by atoms with Gasteiger partial charge in [-0.25, -0.2) is 15.5 Å². The number of aliphatic hydroxyl groups is 4. The van der Waals surface area contributed by atoms with E-state index in [1.807, 2.05) is 35.3 Å². The number of nitriles is 1. The summed E-state index contributed by atoms with van der Waals surface area (Å²) in [5.41, 5.74) is 15.0. The minimum atomic E-state index is -0.559. The molecule has 3 aromatic rings. The molecule has 4 aliphatic heterocycles. The molecule has 0 atom stereocenters. The van der Waals surface area contributed by atoms with Gasteiger partial charge in [0, 0.05) is 32.0 Å². The first kappa shape index (κ1) is 86.8. The number of nitrogens with one attached hydrogen (secondary N) is 4. The number of Topliss-reactive ketones (excluding diaryl/α,β-unsaturated/α-hetero) is 1. The smallest absolute Gasteiger partial charge is 0.696 e. The van der Waals surface area contributed by atoms with E-state index < -0.39 is 19.0 Å². The standard InChI is InChI=1S/C13H18N2.C11H19N3OS.C11H19N3O.C7H15N.C6H14N2.C3H6O3.CHNS.4CH4.K.H3NO3/c1-2-4-12(5-3-1)10-15-11-13-6-8-14-9-7-13;1-13-4-2-9(3-5-13)7-14-10(8-15)6-12-11(14)16;1-13-4-2-10(3-5-13)7-14-9-12-6-11(14)8-15;8-6-7-4-2-1-3-5-7;7-5-6-1-3-8-4-2-6;4-1-3(6)2-5;2-1-3;;;;;;2-1-4-3/h1-5,10,13-14H,6-9,11H2;6,9,15H,2-5,7-8H2,1H3,(H,12,16);6,9-10,15H,2-5,7-8H2,1H3;7H,1-6,8H2;6,8H,1-5,7H2;4-5H,1-2H2;3H;4*1H4;;1-3H/q;;;;;;;;;;;+1;/p-1. The van der Waals surface area contributed by atoms with Crippen LogP contribution in [0.3, 0.4) is 0 Å². The van der Waals surface area contributed by atoms with Crippen molar-refractivity contribution >= 4 is 36.8 Å². The molecule has 4 saturated heterocycles. The molecule has 0 amide bonds. The number of imidazole rings is 2. The van der Waals surface area contributed by atoms with E-state index in [1.54, 1.807) is 12.4 Å². The third-order valence-corrected chi connectivity index (χ3v) is 14.1. The summed E-state index contributed by atoms with van der Waals surface area (Å²) in [5.74, 6) is 3.32. The third-order valence-electron chi connectivity index (χ3n) is 13.8. The molecule has 1 aliphatic carbocycles. The number of ketones is 1. The molecule has 5 fully saturated rings. The molecule has 1 aromatic carbocycles. The second-order valence-electron chi connectivity index (χ2n) is 19.4. The van der Waals surface area contributed by atoms with E-state index in [-0.39, 0.29) is 94.3 Å². The number of nitrogens with zero attached hydrogens (tertiary/aromatic N) is 7. The Bertz CT molecular complexity index is 1890. The predicted octanol–water partition coefficient (Wildman–Crippen LogP) is 3.14. The largest absolute Gasteiger partial charge is 1.00 e. The first-order valence-corrected chi connectivity index (χ1v) is 27.4. The van der Waals surface area contributed by atoms with Gasteiger partial charge in [-0.15, -0.1) is 4.99 Å². The molecule has 0 bridgehead atoms. The van der Waals surface area contributed by atoms with Crippen molar-refractivity contribution in [1.29, 1.82) is 5.26 Å². The van der Waals surface area contributed by atoms with Gasteiger partial charge in [-0.05, 0) is 197 Å². The van der Waals surface area contributed by atoms with Crippen molar-refractivity contribution in [2.24, 2.45) is 46.0 Å². The Balaban J connectivity index is -0.000000278. The van der Waals surface area contributed by atoms with E-state index >= 15 is 0 Å². The van der Waals surface area contributed by atoms with Crippen LogP contribution >= 0.6 is 12.2 Å². The number of nitrogens with two attached hydrogens (primary N) is 2. The van der Waals surface area contributed by atoms with Gasteiger partial charge in [-0.1, -0.05) is 84.7 Å². The normalized spacial score (nSPS) is 16.8. The zero-order chi connectivity index (χ0) is 55.3. The molecule has 5 aliphatic rings. The Hall–Kier alpha value is -2.01. The van der Waals surface area contributed by atoms with E-state index in [2.05, 4.69) is 83.8 Å². The summed E-state index contributed by atoms with van der Waals surface area (Å²) < 4.78 is 4.84. The summed E-state index contributed by atoms with van der Waals surface area (Å²) in [4.78, 5) is 28.8. The van der Waals surface area contributed by atoms with Crippen molar-refractivity contribution < 1.29 is 92.1 Å². The number of thiocyanates is 1. The predicted molar refractivity (Wildman–Crippen MR) is 327 cm³/mol. The number of aromatic nitrogens is 4. The Labute approximate surface area is 535 Å². The average Bonchev–Trinajstić information content (AvgIpc) is 4.08. The summed E-state index contributed by atoms with van der Waals surface area (Å²) in [7, 11) is 4.34. The number of likely N-dealkylation sites (tertiary alicyclic amines) is 2. The van der Waals surface area contributed by atoms with Gasteiger partial charge in [0.1, 0.15) is 13.2 Å². The molecule has 0 radical (unpaired) electrons. The molecule has 24 heteroatoms. The maximum absolute atomic E-state index is 9.68. The molecule has 14 N–H and O–H groups in total. The van der Waals surface area contributed by atoms with Crippen molar-refractivity contribution in [1.82, 2.24) is 45.2 Å². The SMILES string of the molecule is C.C.C.C.C(=NCC1CCNCC1)c1ccccc1.CN1CCC(Cn2c(CO)c[nH]c2=S)CC1.CN1CCC(Cn2cncc2CO)CC1.N#C[S-].NCC1CCCCC1.NCC1CCNCC1.O=C(CO)CO.ONOO.[K+]. The van der Waals surface area contributed by atoms with E-state index in [0.29, 0.717) is 5.92 Å². The number of hydrogen-bond donors (Lipinski definition) is 12. The van der Waals surface area contributed by atoms with Gasteiger partial charge in [-0.3, -0.25) is 15.0 Å². The van der Waals surface area contributed by atoms with Gasteiger partial charge in [0.25, 0.3) is 0 Å². The van der Waals surface area contributed by atoms with E-state index in [0.717, 1.165) is 104 Å². The zero-order valence-corrected chi connectivity index (χ0v) is 50.7. The summed E-state index contributed by atoms with van der Waals surface area (Å²) >= 11 is 8.92. The number of carbonyl (C=O) groups excluding carboxylic acids is 1. The van der Waals surface area contributed by atoms with Crippen molar-refractivity contribution in [3.05, 3.63) is 70.8 Å². The second-order valence-corrected chi connectivity index (χ2v) is 20.0. The quantitative estimate of drug-likeness (QED) is 0.0210. The topological polar surface area (TPSA) is 317 Å². The van der Waals surface area contributed by atoms with Crippen molar-refractivity contribution in [3.8, 4) is 5.40 Å². The number of aromatic amines is 1. The van der Waals surface area contributed by atoms with Gasteiger partial charge < -0.3 is 79.1 Å². The molecule has 8 rings (SSSR count). The number of hydrogen-bond acceptors (Lipinski definition) is 20. The van der Waals surface area contributed by atoms with Crippen LogP contribution in [-0.2, 0) is 48.7 Å². The number of piperidine rings is 4. The minimum absolute atomic E-state index is 0. The van der Waals surface area contributed by atoms with Crippen molar-refractivity contribution in [2.45, 2.75) is 139 Å². The molecule has 1 saturated carbocycles. The Kier molecular flexibility index (Phi) is 63.7. The van der Waals surface area contributed by atoms with Crippen molar-refractivity contribution in [2.75, 3.05) is 99.3 Å². The number of carbonyl (C=O) groups is 1. The van der Waals surface area contributed by atoms with Crippen LogP contribution in [0.2, 0.25) is 0 Å². The van der Waals surface area contributed by atoms with Crippen LogP contribution in [0.25, 0.3) is 0 Å². The van der Waals surface area contributed by atoms with Gasteiger partial charge >= 0.3 is 51.4 Å². The van der Waals surface area contributed by atoms with Gasteiger partial charge in [0.15, 0.2) is 10.6 Å². The molecule has 460 valence electrons. The second kappa shape index (κ2) is 58.7. The van der Waals surface area contributed by atoms with Crippen LogP contribution < -0.4 is 79.1 Å². The van der Waals surface area contributed by atoms with Gasteiger partial charge in [-0.2, -0.15) is 0 Å². The first-order chi connectivity index (χ1) is 36.4. The molecular weight excluding hydrogens is 1090 g/mol. The number of aliphatic imine (C=N–C) groups is 1. The number of benzene rings is 1. The van der Waals surface area contributed by atoms with Crippen LogP contribution in [0.5, 0.6) is 0 Å². The fraction of sp³-hybridized carbons (Fsp3) is 0.732. The maximum Gasteiger partial charge on any atom is 1.00 e. The molecule has 21 nitrogen and oxygen atoms in total. The molecule has 2 aromatic heterocycles. The fourth-order valence-electron chi connectivity index (χ4n) is 8.93. The number of rotatable bonds is 14. The van der Waals surface area contributed by atoms with E-state index in [4.69, 9.17) is 54.7 Å². The van der Waals surface area contributed by atoms with Crippen molar-refractivity contribution in [3.63, 3.8) is 0 Å².